The molecule has 1 saturated heterocycles. The molecule has 19 heavy (non-hydrogen) atoms. The molecule has 106 valence electrons. The molecule has 1 unspecified atom stereocenters. The third-order valence-corrected chi connectivity index (χ3v) is 4.79. The van der Waals surface area contributed by atoms with Gasteiger partial charge in [0.1, 0.15) is 0 Å². The van der Waals surface area contributed by atoms with Gasteiger partial charge in [-0.1, -0.05) is 44.2 Å². The Hall–Kier alpha value is -0.510. The lowest BCUT2D eigenvalue weighted by atomic mass is 10.0. The molecule has 0 N–H and O–H groups in total. The summed E-state index contributed by atoms with van der Waals surface area (Å²) in [5.41, 5.74) is 1.46. The number of likely N-dealkylation sites (N-methyl/N-ethyl adjacent to an activating group) is 1. The molecule has 3 heteroatoms. The molecule has 0 aliphatic carbocycles. The fraction of sp³-hybridized carbons (Fsp3) is 0.625. The zero-order valence-corrected chi connectivity index (χ0v) is 13.2. The zero-order chi connectivity index (χ0) is 13.7. The number of nitrogens with zero attached hydrogens (tertiary/aromatic N) is 2. The van der Waals surface area contributed by atoms with E-state index in [0.717, 1.165) is 11.8 Å². The molecule has 1 aromatic carbocycles. The van der Waals surface area contributed by atoms with Gasteiger partial charge in [-0.3, -0.25) is 4.90 Å². The molecule has 0 spiro atoms. The van der Waals surface area contributed by atoms with Crippen LogP contribution in [-0.2, 0) is 0 Å². The van der Waals surface area contributed by atoms with Crippen LogP contribution in [0.3, 0.4) is 0 Å². The fourth-order valence-corrected chi connectivity index (χ4v) is 3.43. The standard InChI is InChI=1S/C16H26N2S/c1-14(2)19-12-11-18-10-9-17(3)13-16(18)15-7-5-4-6-8-15/h4-8,14,16H,9-13H2,1-3H3. The van der Waals surface area contributed by atoms with Crippen LogP contribution in [0, 0.1) is 0 Å². The van der Waals surface area contributed by atoms with E-state index < -0.39 is 0 Å². The summed E-state index contributed by atoms with van der Waals surface area (Å²) in [6, 6.07) is 11.5. The largest absolute Gasteiger partial charge is 0.303 e. The number of piperazine rings is 1. The van der Waals surface area contributed by atoms with E-state index >= 15 is 0 Å². The average molecular weight is 278 g/mol. The van der Waals surface area contributed by atoms with Crippen LogP contribution in [0.5, 0.6) is 0 Å². The molecule has 0 bridgehead atoms. The Morgan fingerprint density at radius 2 is 1.95 bits per heavy atom. The maximum atomic E-state index is 2.66. The molecule has 0 radical (unpaired) electrons. The molecule has 1 heterocycles. The SMILES string of the molecule is CC(C)SCCN1CCN(C)CC1c1ccccc1. The first-order valence-corrected chi connectivity index (χ1v) is 8.31. The summed E-state index contributed by atoms with van der Waals surface area (Å²) >= 11 is 2.07. The summed E-state index contributed by atoms with van der Waals surface area (Å²) in [6.07, 6.45) is 0. The Kier molecular flexibility index (Phi) is 5.74. The molecular weight excluding hydrogens is 252 g/mol. The number of hydrogen-bond donors (Lipinski definition) is 0. The minimum absolute atomic E-state index is 0.563. The van der Waals surface area contributed by atoms with E-state index in [0.29, 0.717) is 6.04 Å². The maximum Gasteiger partial charge on any atom is 0.0475 e. The number of benzene rings is 1. The van der Waals surface area contributed by atoms with Gasteiger partial charge in [-0.05, 0) is 17.9 Å². The van der Waals surface area contributed by atoms with Gasteiger partial charge in [0.2, 0.25) is 0 Å². The lowest BCUT2D eigenvalue weighted by Gasteiger charge is -2.40. The first kappa shape index (κ1) is 14.9. The van der Waals surface area contributed by atoms with Gasteiger partial charge in [-0.15, -0.1) is 0 Å². The van der Waals surface area contributed by atoms with E-state index in [9.17, 15) is 0 Å². The average Bonchev–Trinajstić information content (AvgIpc) is 2.41. The Morgan fingerprint density at radius 1 is 1.21 bits per heavy atom. The topological polar surface area (TPSA) is 6.48 Å². The number of thioether (sulfide) groups is 1. The smallest absolute Gasteiger partial charge is 0.0475 e. The monoisotopic (exact) mass is 278 g/mol. The minimum atomic E-state index is 0.563. The van der Waals surface area contributed by atoms with Crippen molar-refractivity contribution in [2.75, 3.05) is 39.0 Å². The van der Waals surface area contributed by atoms with Crippen molar-refractivity contribution in [2.45, 2.75) is 25.1 Å². The Balaban J connectivity index is 1.98. The molecule has 1 aliphatic rings. The highest BCUT2D eigenvalue weighted by atomic mass is 32.2. The van der Waals surface area contributed by atoms with E-state index in [-0.39, 0.29) is 0 Å². The lowest BCUT2D eigenvalue weighted by molar-refractivity contribution is 0.0961. The number of hydrogen-bond acceptors (Lipinski definition) is 3. The summed E-state index contributed by atoms with van der Waals surface area (Å²) in [4.78, 5) is 5.11. The van der Waals surface area contributed by atoms with Crippen LogP contribution < -0.4 is 0 Å². The molecular formula is C16H26N2S. The predicted molar refractivity (Wildman–Crippen MR) is 85.8 cm³/mol. The van der Waals surface area contributed by atoms with E-state index in [1.807, 2.05) is 0 Å². The molecule has 2 nitrogen and oxygen atoms in total. The highest BCUT2D eigenvalue weighted by molar-refractivity contribution is 7.99. The summed E-state index contributed by atoms with van der Waals surface area (Å²) in [6.45, 7) is 9.30. The molecule has 1 atom stereocenters. The van der Waals surface area contributed by atoms with Gasteiger partial charge in [0.15, 0.2) is 0 Å². The van der Waals surface area contributed by atoms with Crippen LogP contribution in [0.25, 0.3) is 0 Å². The summed E-state index contributed by atoms with van der Waals surface area (Å²) in [5, 5.41) is 0.739. The third kappa shape index (κ3) is 4.51. The Morgan fingerprint density at radius 3 is 2.63 bits per heavy atom. The molecule has 0 amide bonds. The summed E-state index contributed by atoms with van der Waals surface area (Å²) < 4.78 is 0. The van der Waals surface area contributed by atoms with Gasteiger partial charge in [0, 0.05) is 38.0 Å². The van der Waals surface area contributed by atoms with Crippen LogP contribution >= 0.6 is 11.8 Å². The van der Waals surface area contributed by atoms with Crippen LogP contribution in [0.15, 0.2) is 30.3 Å². The fourth-order valence-electron chi connectivity index (χ4n) is 2.62. The highest BCUT2D eigenvalue weighted by Gasteiger charge is 2.25. The van der Waals surface area contributed by atoms with Crippen LogP contribution in [0.4, 0.5) is 0 Å². The van der Waals surface area contributed by atoms with Gasteiger partial charge >= 0.3 is 0 Å². The van der Waals surface area contributed by atoms with E-state index in [4.69, 9.17) is 0 Å². The normalized spacial score (nSPS) is 22.0. The van der Waals surface area contributed by atoms with Crippen LogP contribution in [0.1, 0.15) is 25.5 Å². The second-order valence-corrected chi connectivity index (χ2v) is 7.33. The minimum Gasteiger partial charge on any atom is -0.303 e. The molecule has 1 aromatic rings. The summed E-state index contributed by atoms with van der Waals surface area (Å²) in [5.74, 6) is 1.24. The van der Waals surface area contributed by atoms with Gasteiger partial charge < -0.3 is 4.90 Å². The van der Waals surface area contributed by atoms with E-state index in [2.05, 4.69) is 72.8 Å². The predicted octanol–water partition coefficient (Wildman–Crippen LogP) is 3.12. The second kappa shape index (κ2) is 7.32. The highest BCUT2D eigenvalue weighted by Crippen LogP contribution is 2.25. The van der Waals surface area contributed by atoms with Crippen LogP contribution in [-0.4, -0.2) is 54.0 Å². The van der Waals surface area contributed by atoms with Crippen molar-refractivity contribution in [1.29, 1.82) is 0 Å². The molecule has 1 aliphatic heterocycles. The van der Waals surface area contributed by atoms with Crippen molar-refractivity contribution >= 4 is 11.8 Å². The molecule has 0 aromatic heterocycles. The molecule has 1 fully saturated rings. The quantitative estimate of drug-likeness (QED) is 0.817. The second-order valence-electron chi connectivity index (χ2n) is 5.64. The third-order valence-electron chi connectivity index (χ3n) is 3.71. The zero-order valence-electron chi connectivity index (χ0n) is 12.4. The van der Waals surface area contributed by atoms with Crippen molar-refractivity contribution in [3.63, 3.8) is 0 Å². The molecule has 0 saturated carbocycles. The van der Waals surface area contributed by atoms with Crippen molar-refractivity contribution in [3.8, 4) is 0 Å². The van der Waals surface area contributed by atoms with Crippen molar-refractivity contribution in [1.82, 2.24) is 9.80 Å². The Labute approximate surface area is 122 Å². The van der Waals surface area contributed by atoms with Gasteiger partial charge in [0.25, 0.3) is 0 Å². The first-order valence-electron chi connectivity index (χ1n) is 7.26. The van der Waals surface area contributed by atoms with Crippen molar-refractivity contribution < 1.29 is 0 Å². The maximum absolute atomic E-state index is 2.66. The first-order chi connectivity index (χ1) is 9.16. The van der Waals surface area contributed by atoms with Gasteiger partial charge in [0.05, 0.1) is 0 Å². The van der Waals surface area contributed by atoms with E-state index in [1.165, 1.54) is 31.0 Å². The van der Waals surface area contributed by atoms with Gasteiger partial charge in [-0.2, -0.15) is 11.8 Å². The van der Waals surface area contributed by atoms with Crippen LogP contribution in [0.2, 0.25) is 0 Å². The lowest BCUT2D eigenvalue weighted by Crippen LogP contribution is -2.47. The van der Waals surface area contributed by atoms with Crippen molar-refractivity contribution in [2.24, 2.45) is 0 Å². The number of rotatable bonds is 5. The van der Waals surface area contributed by atoms with Crippen molar-refractivity contribution in [3.05, 3.63) is 35.9 Å². The summed E-state index contributed by atoms with van der Waals surface area (Å²) in [7, 11) is 2.23. The Bertz CT molecular complexity index is 366. The molecule has 2 rings (SSSR count). The van der Waals surface area contributed by atoms with Gasteiger partial charge in [-0.25, -0.2) is 0 Å². The van der Waals surface area contributed by atoms with E-state index in [1.54, 1.807) is 0 Å².